The van der Waals surface area contributed by atoms with Gasteiger partial charge in [0.05, 0.1) is 19.3 Å². The molecule has 120 valence electrons. The third-order valence-corrected chi connectivity index (χ3v) is 3.39. The van der Waals surface area contributed by atoms with E-state index in [1.165, 1.54) is 7.11 Å². The maximum Gasteiger partial charge on any atom is 0.251 e. The van der Waals surface area contributed by atoms with Gasteiger partial charge in [0.2, 0.25) is 5.91 Å². The first-order valence-electron chi connectivity index (χ1n) is 6.98. The van der Waals surface area contributed by atoms with Crippen molar-refractivity contribution in [3.05, 3.63) is 58.6 Å². The van der Waals surface area contributed by atoms with Gasteiger partial charge >= 0.3 is 0 Å². The highest BCUT2D eigenvalue weighted by Gasteiger charge is 2.10. The highest BCUT2D eigenvalue weighted by atomic mass is 35.5. The molecule has 0 spiro atoms. The monoisotopic (exact) mass is 332 g/mol. The van der Waals surface area contributed by atoms with Gasteiger partial charge in [0, 0.05) is 10.6 Å². The molecule has 5 nitrogen and oxygen atoms in total. The van der Waals surface area contributed by atoms with Gasteiger partial charge in [-0.2, -0.15) is 0 Å². The summed E-state index contributed by atoms with van der Waals surface area (Å²) >= 11 is 5.90. The van der Waals surface area contributed by atoms with Crippen molar-refractivity contribution in [1.29, 1.82) is 0 Å². The smallest absolute Gasteiger partial charge is 0.251 e. The summed E-state index contributed by atoms with van der Waals surface area (Å²) in [5.41, 5.74) is 2.02. The van der Waals surface area contributed by atoms with E-state index >= 15 is 0 Å². The van der Waals surface area contributed by atoms with Crippen LogP contribution >= 0.6 is 11.6 Å². The zero-order valence-electron chi connectivity index (χ0n) is 12.9. The molecule has 0 aliphatic rings. The lowest BCUT2D eigenvalue weighted by Gasteiger charge is -2.11. The standard InChI is InChI=1S/C17H17ClN2O3/c1-11-3-5-12(6-4-11)17(22)19-10-16(21)20-14-9-13(18)7-8-15(14)23-2/h3-9H,10H2,1-2H3,(H,19,22)(H,20,21). The number of benzene rings is 2. The number of hydrogen-bond acceptors (Lipinski definition) is 3. The third-order valence-electron chi connectivity index (χ3n) is 3.16. The van der Waals surface area contributed by atoms with Crippen molar-refractivity contribution in [3.63, 3.8) is 0 Å². The topological polar surface area (TPSA) is 67.4 Å². The number of amides is 2. The molecule has 0 aromatic heterocycles. The van der Waals surface area contributed by atoms with Gasteiger partial charge in [-0.3, -0.25) is 9.59 Å². The summed E-state index contributed by atoms with van der Waals surface area (Å²) in [6.07, 6.45) is 0. The number of rotatable bonds is 5. The van der Waals surface area contributed by atoms with E-state index in [9.17, 15) is 9.59 Å². The van der Waals surface area contributed by atoms with Crippen LogP contribution in [0.2, 0.25) is 5.02 Å². The average Bonchev–Trinajstić information content (AvgIpc) is 2.53. The number of aryl methyl sites for hydroxylation is 1. The molecule has 0 unspecified atom stereocenters. The molecule has 2 aromatic carbocycles. The number of hydrogen-bond donors (Lipinski definition) is 2. The molecule has 0 saturated heterocycles. The van der Waals surface area contributed by atoms with Crippen molar-refractivity contribution in [3.8, 4) is 5.75 Å². The van der Waals surface area contributed by atoms with E-state index in [0.29, 0.717) is 22.0 Å². The van der Waals surface area contributed by atoms with Crippen LogP contribution in [0.25, 0.3) is 0 Å². The first-order chi connectivity index (χ1) is 11.0. The molecular weight excluding hydrogens is 316 g/mol. The van der Waals surface area contributed by atoms with E-state index in [2.05, 4.69) is 10.6 Å². The molecule has 6 heteroatoms. The predicted molar refractivity (Wildman–Crippen MR) is 90.1 cm³/mol. The van der Waals surface area contributed by atoms with Gasteiger partial charge in [-0.25, -0.2) is 0 Å². The van der Waals surface area contributed by atoms with Crippen molar-refractivity contribution in [2.75, 3.05) is 19.0 Å². The van der Waals surface area contributed by atoms with Gasteiger partial charge in [-0.05, 0) is 37.3 Å². The van der Waals surface area contributed by atoms with E-state index in [1.54, 1.807) is 30.3 Å². The van der Waals surface area contributed by atoms with E-state index in [4.69, 9.17) is 16.3 Å². The molecule has 0 atom stereocenters. The SMILES string of the molecule is COc1ccc(Cl)cc1NC(=O)CNC(=O)c1ccc(C)cc1. The van der Waals surface area contributed by atoms with Crippen molar-refractivity contribution in [2.24, 2.45) is 0 Å². The first-order valence-corrected chi connectivity index (χ1v) is 7.35. The van der Waals surface area contributed by atoms with Gasteiger partial charge < -0.3 is 15.4 Å². The maximum absolute atomic E-state index is 12.0. The number of halogens is 1. The maximum atomic E-state index is 12.0. The summed E-state index contributed by atoms with van der Waals surface area (Å²) < 4.78 is 5.15. The minimum atomic E-state index is -0.369. The quantitative estimate of drug-likeness (QED) is 0.884. The Morgan fingerprint density at radius 1 is 1.13 bits per heavy atom. The van der Waals surface area contributed by atoms with Crippen LogP contribution in [-0.4, -0.2) is 25.5 Å². The van der Waals surface area contributed by atoms with E-state index in [-0.39, 0.29) is 18.4 Å². The second kappa shape index (κ2) is 7.65. The van der Waals surface area contributed by atoms with Gasteiger partial charge in [0.25, 0.3) is 5.91 Å². The Morgan fingerprint density at radius 2 is 1.83 bits per heavy atom. The summed E-state index contributed by atoms with van der Waals surface area (Å²) in [5.74, 6) is -0.183. The Kier molecular flexibility index (Phi) is 5.60. The number of nitrogens with one attached hydrogen (secondary N) is 2. The molecule has 0 saturated carbocycles. The van der Waals surface area contributed by atoms with Crippen LogP contribution in [0.5, 0.6) is 5.75 Å². The average molecular weight is 333 g/mol. The number of anilines is 1. The number of ether oxygens (including phenoxy) is 1. The van der Waals surface area contributed by atoms with E-state index < -0.39 is 0 Å². The summed E-state index contributed by atoms with van der Waals surface area (Å²) in [6, 6.07) is 12.0. The fraction of sp³-hybridized carbons (Fsp3) is 0.176. The molecule has 2 rings (SSSR count). The van der Waals surface area contributed by atoms with Crippen LogP contribution in [-0.2, 0) is 4.79 Å². The number of carbonyl (C=O) groups excluding carboxylic acids is 2. The lowest BCUT2D eigenvalue weighted by atomic mass is 10.1. The largest absolute Gasteiger partial charge is 0.495 e. The molecule has 0 aliphatic carbocycles. The lowest BCUT2D eigenvalue weighted by molar-refractivity contribution is -0.115. The first kappa shape index (κ1) is 16.8. The van der Waals surface area contributed by atoms with Crippen LogP contribution in [0.4, 0.5) is 5.69 Å². The summed E-state index contributed by atoms with van der Waals surface area (Å²) in [6.45, 7) is 1.79. The minimum absolute atomic E-state index is 0.150. The molecule has 0 fully saturated rings. The third kappa shape index (κ3) is 4.72. The number of carbonyl (C=O) groups is 2. The van der Waals surface area contributed by atoms with Crippen molar-refractivity contribution in [2.45, 2.75) is 6.92 Å². The molecule has 0 heterocycles. The summed E-state index contributed by atoms with van der Waals surface area (Å²) in [7, 11) is 1.50. The second-order valence-electron chi connectivity index (χ2n) is 4.94. The van der Waals surface area contributed by atoms with Crippen LogP contribution in [0, 0.1) is 6.92 Å². The molecule has 0 bridgehead atoms. The van der Waals surface area contributed by atoms with Crippen LogP contribution < -0.4 is 15.4 Å². The fourth-order valence-electron chi connectivity index (χ4n) is 1.94. The van der Waals surface area contributed by atoms with Gasteiger partial charge in [0.1, 0.15) is 5.75 Å². The zero-order chi connectivity index (χ0) is 16.8. The van der Waals surface area contributed by atoms with Gasteiger partial charge in [-0.15, -0.1) is 0 Å². The Labute approximate surface area is 139 Å². The molecule has 0 aliphatic heterocycles. The van der Waals surface area contributed by atoms with E-state index in [1.807, 2.05) is 19.1 Å². The molecule has 0 radical (unpaired) electrons. The highest BCUT2D eigenvalue weighted by Crippen LogP contribution is 2.27. The molecule has 2 aromatic rings. The summed E-state index contributed by atoms with van der Waals surface area (Å²) in [4.78, 5) is 23.9. The minimum Gasteiger partial charge on any atom is -0.495 e. The van der Waals surface area contributed by atoms with Crippen molar-refractivity contribution in [1.82, 2.24) is 5.32 Å². The normalized spacial score (nSPS) is 10.0. The van der Waals surface area contributed by atoms with E-state index in [0.717, 1.165) is 5.56 Å². The Balaban J connectivity index is 1.94. The van der Waals surface area contributed by atoms with Gasteiger partial charge in [0.15, 0.2) is 0 Å². The molecule has 2 N–H and O–H groups in total. The lowest BCUT2D eigenvalue weighted by Crippen LogP contribution is -2.32. The Hall–Kier alpha value is -2.53. The van der Waals surface area contributed by atoms with Crippen LogP contribution in [0.3, 0.4) is 0 Å². The highest BCUT2D eigenvalue weighted by molar-refractivity contribution is 6.31. The predicted octanol–water partition coefficient (Wildman–Crippen LogP) is 3.03. The van der Waals surface area contributed by atoms with Crippen LogP contribution in [0.15, 0.2) is 42.5 Å². The van der Waals surface area contributed by atoms with Crippen LogP contribution in [0.1, 0.15) is 15.9 Å². The van der Waals surface area contributed by atoms with Crippen molar-refractivity contribution >= 4 is 29.1 Å². The Bertz CT molecular complexity index is 714. The van der Waals surface area contributed by atoms with Crippen molar-refractivity contribution < 1.29 is 14.3 Å². The summed E-state index contributed by atoms with van der Waals surface area (Å²) in [5, 5.41) is 5.70. The zero-order valence-corrected chi connectivity index (χ0v) is 13.6. The molecular formula is C17H17ClN2O3. The molecule has 2 amide bonds. The number of methoxy groups -OCH3 is 1. The second-order valence-corrected chi connectivity index (χ2v) is 5.38. The Morgan fingerprint density at radius 3 is 2.48 bits per heavy atom. The fourth-order valence-corrected chi connectivity index (χ4v) is 2.11. The molecule has 23 heavy (non-hydrogen) atoms. The van der Waals surface area contributed by atoms with Gasteiger partial charge in [-0.1, -0.05) is 29.3 Å².